The standard InChI is InChI=1S/C6H16N2.C3H8/c1-4-8(5-2)6-7-3;1-3-2/h7H,4-6H2,1-3H3;3H2,1-2H3. The highest BCUT2D eigenvalue weighted by atomic mass is 15.2. The number of rotatable bonds is 4. The van der Waals surface area contributed by atoms with Crippen LogP contribution in [0.1, 0.15) is 34.1 Å². The van der Waals surface area contributed by atoms with Crippen molar-refractivity contribution in [3.05, 3.63) is 0 Å². The van der Waals surface area contributed by atoms with E-state index in [0.717, 1.165) is 19.8 Å². The largest absolute Gasteiger partial charge is 0.307 e. The van der Waals surface area contributed by atoms with Crippen LogP contribution in [0, 0.1) is 0 Å². The van der Waals surface area contributed by atoms with Crippen molar-refractivity contribution in [3.63, 3.8) is 0 Å². The van der Waals surface area contributed by atoms with Crippen LogP contribution in [-0.2, 0) is 0 Å². The third-order valence-electron chi connectivity index (χ3n) is 1.28. The molecule has 0 bridgehead atoms. The van der Waals surface area contributed by atoms with E-state index in [1.54, 1.807) is 0 Å². The first kappa shape index (κ1) is 13.5. The number of nitrogens with one attached hydrogen (secondary N) is 1. The van der Waals surface area contributed by atoms with Crippen molar-refractivity contribution in [1.82, 2.24) is 10.2 Å². The Hall–Kier alpha value is -0.0800. The quantitative estimate of drug-likeness (QED) is 0.632. The molecule has 0 rings (SSSR count). The molecule has 0 radical (unpaired) electrons. The van der Waals surface area contributed by atoms with Gasteiger partial charge in [0.2, 0.25) is 0 Å². The molecule has 70 valence electrons. The molecule has 0 spiro atoms. The van der Waals surface area contributed by atoms with Gasteiger partial charge in [-0.2, -0.15) is 0 Å². The molecule has 0 amide bonds. The average Bonchev–Trinajstić information content (AvgIpc) is 2.02. The molecule has 0 unspecified atom stereocenters. The third kappa shape index (κ3) is 13.0. The van der Waals surface area contributed by atoms with E-state index < -0.39 is 0 Å². The Morgan fingerprint density at radius 3 is 1.45 bits per heavy atom. The Morgan fingerprint density at radius 2 is 1.36 bits per heavy atom. The highest BCUT2D eigenvalue weighted by molar-refractivity contribution is 4.45. The van der Waals surface area contributed by atoms with E-state index in [-0.39, 0.29) is 0 Å². The van der Waals surface area contributed by atoms with Crippen molar-refractivity contribution in [2.24, 2.45) is 0 Å². The summed E-state index contributed by atoms with van der Waals surface area (Å²) in [6, 6.07) is 0. The third-order valence-corrected chi connectivity index (χ3v) is 1.28. The lowest BCUT2D eigenvalue weighted by molar-refractivity contribution is 0.288. The van der Waals surface area contributed by atoms with Crippen molar-refractivity contribution >= 4 is 0 Å². The minimum atomic E-state index is 1.01. The summed E-state index contributed by atoms with van der Waals surface area (Å²) in [4.78, 5) is 2.32. The molecule has 1 N–H and O–H groups in total. The van der Waals surface area contributed by atoms with E-state index >= 15 is 0 Å². The summed E-state index contributed by atoms with van der Waals surface area (Å²) in [5, 5.41) is 3.10. The smallest absolute Gasteiger partial charge is 0.0477 e. The lowest BCUT2D eigenvalue weighted by atomic mass is 10.5. The predicted molar refractivity (Wildman–Crippen MR) is 52.8 cm³/mol. The first-order chi connectivity index (χ1) is 5.26. The second-order valence-corrected chi connectivity index (χ2v) is 2.52. The SMILES string of the molecule is CCC.CCN(CC)CNC. The van der Waals surface area contributed by atoms with Gasteiger partial charge in [-0.05, 0) is 20.1 Å². The molecule has 0 aliphatic heterocycles. The van der Waals surface area contributed by atoms with Crippen LogP contribution in [0.25, 0.3) is 0 Å². The summed E-state index contributed by atoms with van der Waals surface area (Å²) in [7, 11) is 1.97. The highest BCUT2D eigenvalue weighted by Gasteiger charge is 1.92. The Morgan fingerprint density at radius 1 is 1.00 bits per heavy atom. The normalized spacial score (nSPS) is 9.27. The minimum absolute atomic E-state index is 1.01. The van der Waals surface area contributed by atoms with Crippen molar-refractivity contribution in [2.75, 3.05) is 26.8 Å². The molecular formula is C9H24N2. The van der Waals surface area contributed by atoms with E-state index in [1.807, 2.05) is 7.05 Å². The van der Waals surface area contributed by atoms with E-state index in [4.69, 9.17) is 0 Å². The van der Waals surface area contributed by atoms with E-state index in [2.05, 4.69) is 37.9 Å². The lowest BCUT2D eigenvalue weighted by Gasteiger charge is -2.16. The first-order valence-electron chi connectivity index (χ1n) is 4.63. The fraction of sp³-hybridized carbons (Fsp3) is 1.00. The van der Waals surface area contributed by atoms with Crippen LogP contribution in [0.3, 0.4) is 0 Å². The van der Waals surface area contributed by atoms with Gasteiger partial charge < -0.3 is 5.32 Å². The van der Waals surface area contributed by atoms with Crippen molar-refractivity contribution in [2.45, 2.75) is 34.1 Å². The second-order valence-electron chi connectivity index (χ2n) is 2.52. The first-order valence-corrected chi connectivity index (χ1v) is 4.63. The van der Waals surface area contributed by atoms with Gasteiger partial charge in [-0.15, -0.1) is 0 Å². The Labute approximate surface area is 72.0 Å². The number of hydrogen-bond donors (Lipinski definition) is 1. The second kappa shape index (κ2) is 12.6. The van der Waals surface area contributed by atoms with E-state index in [0.29, 0.717) is 0 Å². The van der Waals surface area contributed by atoms with Crippen LogP contribution < -0.4 is 5.32 Å². The van der Waals surface area contributed by atoms with Crippen LogP contribution in [0.4, 0.5) is 0 Å². The van der Waals surface area contributed by atoms with Gasteiger partial charge in [-0.25, -0.2) is 0 Å². The monoisotopic (exact) mass is 160 g/mol. The summed E-state index contributed by atoms with van der Waals surface area (Å²) in [5.74, 6) is 0. The maximum atomic E-state index is 3.10. The van der Waals surface area contributed by atoms with Gasteiger partial charge in [0, 0.05) is 6.67 Å². The van der Waals surface area contributed by atoms with Crippen LogP contribution in [0.15, 0.2) is 0 Å². The molecule has 2 heteroatoms. The zero-order chi connectivity index (χ0) is 9.11. The van der Waals surface area contributed by atoms with Gasteiger partial charge in [-0.3, -0.25) is 4.90 Å². The van der Waals surface area contributed by atoms with Crippen molar-refractivity contribution in [1.29, 1.82) is 0 Å². The van der Waals surface area contributed by atoms with Crippen molar-refractivity contribution in [3.8, 4) is 0 Å². The molecule has 0 saturated carbocycles. The Kier molecular flexibility index (Phi) is 15.4. The molecule has 0 aromatic carbocycles. The van der Waals surface area contributed by atoms with Gasteiger partial charge in [-0.1, -0.05) is 34.1 Å². The molecule has 0 saturated heterocycles. The fourth-order valence-electron chi connectivity index (χ4n) is 0.671. The van der Waals surface area contributed by atoms with Crippen molar-refractivity contribution < 1.29 is 0 Å². The summed E-state index contributed by atoms with van der Waals surface area (Å²) < 4.78 is 0. The summed E-state index contributed by atoms with van der Waals surface area (Å²) in [5.41, 5.74) is 0. The zero-order valence-electron chi connectivity index (χ0n) is 8.78. The number of hydrogen-bond acceptors (Lipinski definition) is 2. The molecule has 11 heavy (non-hydrogen) atoms. The fourth-order valence-corrected chi connectivity index (χ4v) is 0.671. The zero-order valence-corrected chi connectivity index (χ0v) is 8.78. The average molecular weight is 160 g/mol. The molecule has 0 fully saturated rings. The maximum Gasteiger partial charge on any atom is 0.0477 e. The molecule has 0 aromatic heterocycles. The summed E-state index contributed by atoms with van der Waals surface area (Å²) >= 11 is 0. The molecule has 0 aromatic rings. The van der Waals surface area contributed by atoms with Gasteiger partial charge in [0.05, 0.1) is 0 Å². The Bertz CT molecular complexity index is 51.5. The Balaban J connectivity index is 0. The van der Waals surface area contributed by atoms with Gasteiger partial charge in [0.15, 0.2) is 0 Å². The van der Waals surface area contributed by atoms with E-state index in [1.165, 1.54) is 6.42 Å². The minimum Gasteiger partial charge on any atom is -0.307 e. The predicted octanol–water partition coefficient (Wildman–Crippen LogP) is 1.92. The number of nitrogens with zero attached hydrogens (tertiary/aromatic N) is 1. The van der Waals surface area contributed by atoms with Crippen LogP contribution in [0.2, 0.25) is 0 Å². The van der Waals surface area contributed by atoms with Crippen LogP contribution >= 0.6 is 0 Å². The molecule has 0 aliphatic rings. The summed E-state index contributed by atoms with van der Waals surface area (Å²) in [6.45, 7) is 11.9. The van der Waals surface area contributed by atoms with Gasteiger partial charge in [0.1, 0.15) is 0 Å². The highest BCUT2D eigenvalue weighted by Crippen LogP contribution is 1.80. The molecular weight excluding hydrogens is 136 g/mol. The van der Waals surface area contributed by atoms with Crippen LogP contribution in [0.5, 0.6) is 0 Å². The topological polar surface area (TPSA) is 15.3 Å². The molecule has 2 nitrogen and oxygen atoms in total. The van der Waals surface area contributed by atoms with Crippen LogP contribution in [-0.4, -0.2) is 31.7 Å². The molecule has 0 atom stereocenters. The molecule has 0 heterocycles. The molecule has 0 aliphatic carbocycles. The maximum absolute atomic E-state index is 3.10. The van der Waals surface area contributed by atoms with E-state index in [9.17, 15) is 0 Å². The van der Waals surface area contributed by atoms with Gasteiger partial charge in [0.25, 0.3) is 0 Å². The summed E-state index contributed by atoms with van der Waals surface area (Å²) in [6.07, 6.45) is 1.25. The lowest BCUT2D eigenvalue weighted by Crippen LogP contribution is -2.31. The van der Waals surface area contributed by atoms with Gasteiger partial charge >= 0.3 is 0 Å².